The molecule has 0 heterocycles. The first-order chi connectivity index (χ1) is 8.54. The summed E-state index contributed by atoms with van der Waals surface area (Å²) in [7, 11) is 0. The third-order valence-corrected chi connectivity index (χ3v) is 3.79. The maximum absolute atomic E-state index is 11.3. The van der Waals surface area contributed by atoms with Crippen molar-refractivity contribution < 1.29 is 4.79 Å². The van der Waals surface area contributed by atoms with E-state index in [0.717, 1.165) is 8.95 Å². The van der Waals surface area contributed by atoms with Crippen LogP contribution in [0.3, 0.4) is 0 Å². The van der Waals surface area contributed by atoms with Crippen LogP contribution in [0, 0.1) is 0 Å². The summed E-state index contributed by atoms with van der Waals surface area (Å²) < 4.78 is 2.11. The van der Waals surface area contributed by atoms with Crippen molar-refractivity contribution in [3.05, 3.63) is 32.7 Å². The predicted octanol–water partition coefficient (Wildman–Crippen LogP) is 3.39. The minimum atomic E-state index is 0.0899. The number of hydrogen-bond donors (Lipinski definition) is 2. The van der Waals surface area contributed by atoms with Gasteiger partial charge in [-0.15, -0.1) is 0 Å². The molecule has 1 unspecified atom stereocenters. The fourth-order valence-electron chi connectivity index (χ4n) is 1.65. The molecule has 0 aromatic heterocycles. The summed E-state index contributed by atoms with van der Waals surface area (Å²) in [5.74, 6) is 0.0899. The average Bonchev–Trinajstić information content (AvgIpc) is 2.29. The fourth-order valence-corrected chi connectivity index (χ4v) is 3.04. The van der Waals surface area contributed by atoms with Crippen molar-refractivity contribution in [3.8, 4) is 0 Å². The Bertz CT molecular complexity index is 410. The molecule has 0 bridgehead atoms. The maximum Gasteiger partial charge on any atom is 0.221 e. The fraction of sp³-hybridized carbons (Fsp3) is 0.462. The first-order valence-electron chi connectivity index (χ1n) is 5.99. The number of carbonyl (C=O) groups excluding carboxylic acids is 1. The van der Waals surface area contributed by atoms with Gasteiger partial charge >= 0.3 is 0 Å². The zero-order chi connectivity index (χ0) is 13.5. The van der Waals surface area contributed by atoms with Crippen molar-refractivity contribution in [2.45, 2.75) is 26.3 Å². The van der Waals surface area contributed by atoms with E-state index in [2.05, 4.69) is 55.5 Å². The first-order valence-corrected chi connectivity index (χ1v) is 7.58. The lowest BCUT2D eigenvalue weighted by Gasteiger charge is -2.16. The summed E-state index contributed by atoms with van der Waals surface area (Å²) in [6.07, 6.45) is 0.506. The number of halogens is 2. The lowest BCUT2D eigenvalue weighted by atomic mass is 10.1. The molecule has 1 amide bonds. The van der Waals surface area contributed by atoms with E-state index in [4.69, 9.17) is 0 Å². The number of carbonyl (C=O) groups is 1. The van der Waals surface area contributed by atoms with Gasteiger partial charge in [0, 0.05) is 34.5 Å². The van der Waals surface area contributed by atoms with Crippen molar-refractivity contribution in [1.82, 2.24) is 10.6 Å². The Balaban J connectivity index is 2.45. The summed E-state index contributed by atoms with van der Waals surface area (Å²) in [6.45, 7) is 5.38. The van der Waals surface area contributed by atoms with Crippen LogP contribution in [0.5, 0.6) is 0 Å². The highest BCUT2D eigenvalue weighted by Gasteiger charge is 2.09. The Labute approximate surface area is 125 Å². The predicted molar refractivity (Wildman–Crippen MR) is 81.6 cm³/mol. The molecule has 1 aromatic carbocycles. The molecular formula is C13H18Br2N2O. The summed E-state index contributed by atoms with van der Waals surface area (Å²) in [4.78, 5) is 11.3. The number of amides is 1. The van der Waals surface area contributed by atoms with Gasteiger partial charge in [0.1, 0.15) is 0 Å². The monoisotopic (exact) mass is 376 g/mol. The van der Waals surface area contributed by atoms with Crippen LogP contribution in [0.15, 0.2) is 27.1 Å². The van der Waals surface area contributed by atoms with E-state index in [0.29, 0.717) is 19.5 Å². The van der Waals surface area contributed by atoms with Crippen molar-refractivity contribution in [2.75, 3.05) is 13.1 Å². The lowest BCUT2D eigenvalue weighted by Crippen LogP contribution is -2.28. The third-order valence-electron chi connectivity index (χ3n) is 2.61. The number of hydrogen-bond acceptors (Lipinski definition) is 2. The molecule has 18 heavy (non-hydrogen) atoms. The van der Waals surface area contributed by atoms with Gasteiger partial charge in [0.2, 0.25) is 5.91 Å². The van der Waals surface area contributed by atoms with E-state index in [-0.39, 0.29) is 11.9 Å². The summed E-state index contributed by atoms with van der Waals surface area (Å²) in [5, 5.41) is 6.13. The Morgan fingerprint density at radius 1 is 1.39 bits per heavy atom. The SMILES string of the molecule is CCNC(=O)CCNC(C)c1ccc(Br)cc1Br. The van der Waals surface area contributed by atoms with Crippen LogP contribution in [-0.4, -0.2) is 19.0 Å². The number of nitrogens with one attached hydrogen (secondary N) is 2. The van der Waals surface area contributed by atoms with E-state index >= 15 is 0 Å². The molecule has 5 heteroatoms. The zero-order valence-electron chi connectivity index (χ0n) is 10.6. The Morgan fingerprint density at radius 3 is 2.72 bits per heavy atom. The van der Waals surface area contributed by atoms with Crippen molar-refractivity contribution in [1.29, 1.82) is 0 Å². The Hall–Kier alpha value is -0.390. The molecule has 2 N–H and O–H groups in total. The second kappa shape index (κ2) is 7.92. The van der Waals surface area contributed by atoms with Gasteiger partial charge in [0.25, 0.3) is 0 Å². The molecule has 100 valence electrons. The van der Waals surface area contributed by atoms with Crippen LogP contribution >= 0.6 is 31.9 Å². The molecule has 3 nitrogen and oxygen atoms in total. The quantitative estimate of drug-likeness (QED) is 0.797. The standard InChI is InChI=1S/C13H18Br2N2O/c1-3-16-13(18)6-7-17-9(2)11-5-4-10(14)8-12(11)15/h4-5,8-9,17H,3,6-7H2,1-2H3,(H,16,18). The highest BCUT2D eigenvalue weighted by atomic mass is 79.9. The van der Waals surface area contributed by atoms with Crippen molar-refractivity contribution in [2.24, 2.45) is 0 Å². The minimum Gasteiger partial charge on any atom is -0.356 e. The molecular weight excluding hydrogens is 360 g/mol. The zero-order valence-corrected chi connectivity index (χ0v) is 13.8. The maximum atomic E-state index is 11.3. The second-order valence-electron chi connectivity index (χ2n) is 4.05. The molecule has 0 spiro atoms. The number of benzene rings is 1. The Kier molecular flexibility index (Phi) is 6.89. The van der Waals surface area contributed by atoms with Crippen LogP contribution in [-0.2, 0) is 4.79 Å². The Morgan fingerprint density at radius 2 is 2.11 bits per heavy atom. The van der Waals surface area contributed by atoms with Crippen LogP contribution in [0.4, 0.5) is 0 Å². The van der Waals surface area contributed by atoms with E-state index in [1.807, 2.05) is 19.1 Å². The van der Waals surface area contributed by atoms with E-state index in [1.54, 1.807) is 0 Å². The summed E-state index contributed by atoms with van der Waals surface area (Å²) in [6, 6.07) is 6.32. The van der Waals surface area contributed by atoms with Gasteiger partial charge < -0.3 is 10.6 Å². The van der Waals surface area contributed by atoms with Gasteiger partial charge in [-0.05, 0) is 31.5 Å². The van der Waals surface area contributed by atoms with E-state index < -0.39 is 0 Å². The van der Waals surface area contributed by atoms with Crippen molar-refractivity contribution in [3.63, 3.8) is 0 Å². The average molecular weight is 378 g/mol. The molecule has 1 aromatic rings. The molecule has 0 saturated carbocycles. The van der Waals surface area contributed by atoms with Crippen LogP contribution < -0.4 is 10.6 Å². The molecule has 0 aliphatic carbocycles. The summed E-state index contributed by atoms with van der Waals surface area (Å²) in [5.41, 5.74) is 1.19. The van der Waals surface area contributed by atoms with Gasteiger partial charge in [0.15, 0.2) is 0 Å². The molecule has 0 radical (unpaired) electrons. The second-order valence-corrected chi connectivity index (χ2v) is 5.82. The molecule has 0 aliphatic rings. The van der Waals surface area contributed by atoms with Crippen molar-refractivity contribution >= 4 is 37.8 Å². The summed E-state index contributed by atoms with van der Waals surface area (Å²) >= 11 is 6.98. The third kappa shape index (κ3) is 5.08. The highest BCUT2D eigenvalue weighted by molar-refractivity contribution is 9.11. The highest BCUT2D eigenvalue weighted by Crippen LogP contribution is 2.26. The smallest absolute Gasteiger partial charge is 0.221 e. The first kappa shape index (κ1) is 15.7. The molecule has 1 rings (SSSR count). The number of rotatable bonds is 6. The normalized spacial score (nSPS) is 12.2. The lowest BCUT2D eigenvalue weighted by molar-refractivity contribution is -0.120. The largest absolute Gasteiger partial charge is 0.356 e. The molecule has 0 saturated heterocycles. The van der Waals surface area contributed by atoms with Crippen LogP contribution in [0.1, 0.15) is 31.9 Å². The van der Waals surface area contributed by atoms with Gasteiger partial charge in [-0.25, -0.2) is 0 Å². The van der Waals surface area contributed by atoms with Gasteiger partial charge in [-0.3, -0.25) is 4.79 Å². The molecule has 1 atom stereocenters. The van der Waals surface area contributed by atoms with E-state index in [9.17, 15) is 4.79 Å². The molecule has 0 aliphatic heterocycles. The van der Waals surface area contributed by atoms with Gasteiger partial charge in [0.05, 0.1) is 0 Å². The van der Waals surface area contributed by atoms with Crippen LogP contribution in [0.25, 0.3) is 0 Å². The minimum absolute atomic E-state index is 0.0899. The van der Waals surface area contributed by atoms with Gasteiger partial charge in [-0.2, -0.15) is 0 Å². The van der Waals surface area contributed by atoms with Crippen LogP contribution in [0.2, 0.25) is 0 Å². The van der Waals surface area contributed by atoms with E-state index in [1.165, 1.54) is 5.56 Å². The molecule has 0 fully saturated rings. The van der Waals surface area contributed by atoms with Gasteiger partial charge in [-0.1, -0.05) is 37.9 Å². The topological polar surface area (TPSA) is 41.1 Å².